The fourth-order valence-electron chi connectivity index (χ4n) is 1.77. The summed E-state index contributed by atoms with van der Waals surface area (Å²) in [5.41, 5.74) is 1.53. The summed E-state index contributed by atoms with van der Waals surface area (Å²) in [7, 11) is -1.14. The van der Waals surface area contributed by atoms with E-state index in [1.54, 1.807) is 30.5 Å². The van der Waals surface area contributed by atoms with Crippen LogP contribution in [0.5, 0.6) is 0 Å². The Balaban J connectivity index is 1.94. The average molecular weight is 336 g/mol. The molecule has 1 atom stereocenters. The van der Waals surface area contributed by atoms with E-state index in [-0.39, 0.29) is 0 Å². The maximum atomic E-state index is 11.8. The van der Waals surface area contributed by atoms with E-state index in [4.69, 9.17) is 0 Å². The smallest absolute Gasteiger partial charge is 0.313 e. The molecular formula is C15H16N2O3S2. The van der Waals surface area contributed by atoms with E-state index < -0.39 is 22.6 Å². The van der Waals surface area contributed by atoms with Gasteiger partial charge in [0.25, 0.3) is 0 Å². The molecule has 1 aromatic carbocycles. The average Bonchev–Trinajstić information content (AvgIpc) is 2.90. The van der Waals surface area contributed by atoms with Crippen LogP contribution in [0.4, 0.5) is 5.69 Å². The number of benzene rings is 1. The van der Waals surface area contributed by atoms with Gasteiger partial charge in [-0.25, -0.2) is 0 Å². The third kappa shape index (κ3) is 4.25. The normalized spacial score (nSPS) is 11.7. The van der Waals surface area contributed by atoms with E-state index in [0.29, 0.717) is 17.1 Å². The van der Waals surface area contributed by atoms with Gasteiger partial charge in [-0.1, -0.05) is 6.07 Å². The van der Waals surface area contributed by atoms with Gasteiger partial charge in [0.15, 0.2) is 0 Å². The number of rotatable bonds is 4. The molecule has 0 aliphatic rings. The molecule has 2 amide bonds. The number of hydrogen-bond acceptors (Lipinski definition) is 4. The van der Waals surface area contributed by atoms with E-state index in [2.05, 4.69) is 10.6 Å². The van der Waals surface area contributed by atoms with E-state index in [0.717, 1.165) is 10.4 Å². The maximum Gasteiger partial charge on any atom is 0.313 e. The Labute approximate surface area is 135 Å². The quantitative estimate of drug-likeness (QED) is 0.839. The van der Waals surface area contributed by atoms with Gasteiger partial charge in [0.05, 0.1) is 6.54 Å². The molecule has 2 rings (SSSR count). The minimum absolute atomic E-state index is 0.328. The molecule has 2 N–H and O–H groups in total. The minimum Gasteiger partial charge on any atom is -0.343 e. The van der Waals surface area contributed by atoms with Gasteiger partial charge in [-0.3, -0.25) is 13.8 Å². The third-order valence-corrected chi connectivity index (χ3v) is 4.95. The zero-order valence-corrected chi connectivity index (χ0v) is 13.8. The highest BCUT2D eigenvalue weighted by molar-refractivity contribution is 7.84. The summed E-state index contributed by atoms with van der Waals surface area (Å²) in [6, 6.07) is 8.57. The zero-order chi connectivity index (χ0) is 16.1. The number of aryl methyl sites for hydroxylation is 1. The van der Waals surface area contributed by atoms with Gasteiger partial charge < -0.3 is 10.6 Å². The first-order chi connectivity index (χ1) is 10.5. The second-order valence-corrected chi connectivity index (χ2v) is 7.03. The van der Waals surface area contributed by atoms with Crippen LogP contribution in [0.25, 0.3) is 0 Å². The molecule has 0 saturated carbocycles. The molecule has 1 heterocycles. The second kappa shape index (κ2) is 7.33. The standard InChI is InChI=1S/C15H16N2O3S2/c1-10-6-7-21-13(10)9-16-14(18)15(19)17-11-4-3-5-12(8-11)22(2)20/h3-8H,9H2,1-2H3,(H,16,18)(H,17,19)/t22-/m0/s1. The number of anilines is 1. The van der Waals surface area contributed by atoms with Crippen molar-refractivity contribution < 1.29 is 13.8 Å². The molecule has 7 heteroatoms. The van der Waals surface area contributed by atoms with Gasteiger partial charge in [0.1, 0.15) is 0 Å². The predicted molar refractivity (Wildman–Crippen MR) is 88.3 cm³/mol. The van der Waals surface area contributed by atoms with Crippen molar-refractivity contribution in [1.29, 1.82) is 0 Å². The Hall–Kier alpha value is -1.99. The lowest BCUT2D eigenvalue weighted by molar-refractivity contribution is -0.136. The fraction of sp³-hybridized carbons (Fsp3) is 0.200. The van der Waals surface area contributed by atoms with Crippen LogP contribution in [0.2, 0.25) is 0 Å². The van der Waals surface area contributed by atoms with Gasteiger partial charge in [-0.2, -0.15) is 0 Å². The molecule has 0 radical (unpaired) electrons. The SMILES string of the molecule is Cc1ccsc1CNC(=O)C(=O)Nc1cccc([S@](C)=O)c1. The molecule has 0 aliphatic carbocycles. The summed E-state index contributed by atoms with van der Waals surface area (Å²) in [4.78, 5) is 25.2. The van der Waals surface area contributed by atoms with E-state index in [9.17, 15) is 13.8 Å². The van der Waals surface area contributed by atoms with Crippen LogP contribution in [0, 0.1) is 6.92 Å². The van der Waals surface area contributed by atoms with Crippen LogP contribution in [0.3, 0.4) is 0 Å². The van der Waals surface area contributed by atoms with Crippen LogP contribution >= 0.6 is 11.3 Å². The highest BCUT2D eigenvalue weighted by Crippen LogP contribution is 2.15. The molecule has 0 unspecified atom stereocenters. The van der Waals surface area contributed by atoms with E-state index >= 15 is 0 Å². The van der Waals surface area contributed by atoms with Crippen LogP contribution in [-0.4, -0.2) is 22.3 Å². The highest BCUT2D eigenvalue weighted by Gasteiger charge is 2.14. The maximum absolute atomic E-state index is 11.8. The Kier molecular flexibility index (Phi) is 5.46. The largest absolute Gasteiger partial charge is 0.343 e. The van der Waals surface area contributed by atoms with Crippen molar-refractivity contribution in [2.45, 2.75) is 18.4 Å². The summed E-state index contributed by atoms with van der Waals surface area (Å²) in [6.45, 7) is 2.28. The summed E-state index contributed by atoms with van der Waals surface area (Å²) < 4.78 is 11.4. The monoisotopic (exact) mass is 336 g/mol. The predicted octanol–water partition coefficient (Wildman–Crippen LogP) is 2.05. The van der Waals surface area contributed by atoms with Crippen molar-refractivity contribution >= 4 is 39.6 Å². The molecule has 0 saturated heterocycles. The summed E-state index contributed by atoms with van der Waals surface area (Å²) in [6.07, 6.45) is 1.55. The molecule has 22 heavy (non-hydrogen) atoms. The van der Waals surface area contributed by atoms with Gasteiger partial charge in [-0.15, -0.1) is 11.3 Å². The Morgan fingerprint density at radius 3 is 2.64 bits per heavy atom. The van der Waals surface area contributed by atoms with Crippen molar-refractivity contribution in [1.82, 2.24) is 5.32 Å². The van der Waals surface area contributed by atoms with Crippen molar-refractivity contribution in [2.24, 2.45) is 0 Å². The summed E-state index contributed by atoms with van der Waals surface area (Å²) in [5.74, 6) is -1.44. The fourth-order valence-corrected chi connectivity index (χ4v) is 3.18. The van der Waals surface area contributed by atoms with E-state index in [1.807, 2.05) is 18.4 Å². The first-order valence-electron chi connectivity index (χ1n) is 6.53. The number of thiophene rings is 1. The van der Waals surface area contributed by atoms with Crippen LogP contribution in [0.15, 0.2) is 40.6 Å². The molecule has 1 aromatic heterocycles. The van der Waals surface area contributed by atoms with Gasteiger partial charge >= 0.3 is 11.8 Å². The Bertz CT molecular complexity index is 725. The number of carbonyl (C=O) groups excluding carboxylic acids is 2. The number of nitrogens with one attached hydrogen (secondary N) is 2. The topological polar surface area (TPSA) is 75.3 Å². The summed E-state index contributed by atoms with van der Waals surface area (Å²) in [5, 5.41) is 7.02. The van der Waals surface area contributed by atoms with Crippen LogP contribution in [-0.2, 0) is 26.9 Å². The highest BCUT2D eigenvalue weighted by atomic mass is 32.2. The first-order valence-corrected chi connectivity index (χ1v) is 8.97. The van der Waals surface area contributed by atoms with Gasteiger partial charge in [0.2, 0.25) is 0 Å². The zero-order valence-electron chi connectivity index (χ0n) is 12.2. The minimum atomic E-state index is -1.14. The van der Waals surface area contributed by atoms with Crippen LogP contribution in [0.1, 0.15) is 10.4 Å². The van der Waals surface area contributed by atoms with Crippen molar-refractivity contribution in [2.75, 3.05) is 11.6 Å². The molecular weight excluding hydrogens is 320 g/mol. The Morgan fingerprint density at radius 1 is 1.23 bits per heavy atom. The molecule has 116 valence electrons. The van der Waals surface area contributed by atoms with E-state index in [1.165, 1.54) is 11.3 Å². The van der Waals surface area contributed by atoms with Crippen molar-refractivity contribution in [3.05, 3.63) is 46.2 Å². The molecule has 0 aliphatic heterocycles. The first kappa shape index (κ1) is 16.4. The molecule has 0 fully saturated rings. The molecule has 0 bridgehead atoms. The molecule has 0 spiro atoms. The lowest BCUT2D eigenvalue weighted by Crippen LogP contribution is -2.34. The molecule has 5 nitrogen and oxygen atoms in total. The lowest BCUT2D eigenvalue weighted by atomic mass is 10.3. The van der Waals surface area contributed by atoms with Gasteiger partial charge in [-0.05, 0) is 42.1 Å². The Morgan fingerprint density at radius 2 is 2.00 bits per heavy atom. The number of amides is 2. The second-order valence-electron chi connectivity index (χ2n) is 4.65. The van der Waals surface area contributed by atoms with Crippen molar-refractivity contribution in [3.63, 3.8) is 0 Å². The third-order valence-electron chi connectivity index (χ3n) is 3.01. The van der Waals surface area contributed by atoms with Crippen molar-refractivity contribution in [3.8, 4) is 0 Å². The number of hydrogen-bond donors (Lipinski definition) is 2. The number of carbonyl (C=O) groups is 2. The van der Waals surface area contributed by atoms with Gasteiger partial charge in [0, 0.05) is 32.5 Å². The van der Waals surface area contributed by atoms with Crippen LogP contribution < -0.4 is 10.6 Å². The molecule has 2 aromatic rings. The lowest BCUT2D eigenvalue weighted by Gasteiger charge is -2.07. The summed E-state index contributed by atoms with van der Waals surface area (Å²) >= 11 is 1.53.